The van der Waals surface area contributed by atoms with E-state index in [0.29, 0.717) is 25.3 Å². The summed E-state index contributed by atoms with van der Waals surface area (Å²) in [4.78, 5) is 22.2. The third kappa shape index (κ3) is 11.7. The van der Waals surface area contributed by atoms with E-state index in [0.717, 1.165) is 6.42 Å². The van der Waals surface area contributed by atoms with Crippen molar-refractivity contribution in [2.45, 2.75) is 60.3 Å². The van der Waals surface area contributed by atoms with Crippen molar-refractivity contribution in [1.29, 1.82) is 0 Å². The van der Waals surface area contributed by atoms with Crippen LogP contribution in [-0.4, -0.2) is 23.5 Å². The highest BCUT2D eigenvalue weighted by atomic mass is 16.4. The number of hydrogen-bond donors (Lipinski definition) is 2. The molecule has 0 radical (unpaired) electrons. The number of amides is 1. The molecule has 0 aliphatic heterocycles. The summed E-state index contributed by atoms with van der Waals surface area (Å²) in [5, 5.41) is 11.5. The molecule has 2 unspecified atom stereocenters. The number of hydrogen-bond acceptors (Lipinski definition) is 2. The van der Waals surface area contributed by atoms with Crippen LogP contribution in [0.1, 0.15) is 60.3 Å². The van der Waals surface area contributed by atoms with Gasteiger partial charge in [-0.3, -0.25) is 9.59 Å². The summed E-state index contributed by atoms with van der Waals surface area (Å²) in [5.74, 6) is -0.136. The molecular formula is C15H29NO3. The number of carbonyl (C=O) groups excluding carboxylic acids is 1. The predicted octanol–water partition coefficient (Wildman–Crippen LogP) is 3.07. The standard InChI is InChI=1S/C15H29NO3/c1-11(6-7-14(18)19)10-16-13(17)8-12(2)9-15(3,4)5/h11-12H,6-10H2,1-5H3,(H,16,17)(H,18,19). The van der Waals surface area contributed by atoms with Gasteiger partial charge < -0.3 is 10.4 Å². The molecule has 0 saturated carbocycles. The van der Waals surface area contributed by atoms with Crippen molar-refractivity contribution >= 4 is 11.9 Å². The van der Waals surface area contributed by atoms with E-state index in [4.69, 9.17) is 5.11 Å². The zero-order chi connectivity index (χ0) is 15.1. The molecule has 0 heterocycles. The van der Waals surface area contributed by atoms with Gasteiger partial charge in [-0.2, -0.15) is 0 Å². The highest BCUT2D eigenvalue weighted by Crippen LogP contribution is 2.25. The Labute approximate surface area is 117 Å². The minimum Gasteiger partial charge on any atom is -0.481 e. The number of carbonyl (C=O) groups is 2. The van der Waals surface area contributed by atoms with Gasteiger partial charge in [-0.1, -0.05) is 34.6 Å². The molecule has 0 bridgehead atoms. The van der Waals surface area contributed by atoms with Gasteiger partial charge in [0.1, 0.15) is 0 Å². The second kappa shape index (κ2) is 8.18. The number of carboxylic acids is 1. The Kier molecular flexibility index (Phi) is 7.72. The van der Waals surface area contributed by atoms with E-state index in [1.54, 1.807) is 0 Å². The molecule has 19 heavy (non-hydrogen) atoms. The molecule has 2 N–H and O–H groups in total. The fourth-order valence-corrected chi connectivity index (χ4v) is 2.27. The molecule has 2 atom stereocenters. The maximum atomic E-state index is 11.8. The van der Waals surface area contributed by atoms with Crippen LogP contribution in [0.5, 0.6) is 0 Å². The largest absolute Gasteiger partial charge is 0.481 e. The van der Waals surface area contributed by atoms with Gasteiger partial charge in [-0.15, -0.1) is 0 Å². The van der Waals surface area contributed by atoms with Crippen LogP contribution < -0.4 is 5.32 Å². The third-order valence-corrected chi connectivity index (χ3v) is 2.99. The number of nitrogens with one attached hydrogen (secondary N) is 1. The molecule has 0 aromatic heterocycles. The molecule has 0 aromatic carbocycles. The quantitative estimate of drug-likeness (QED) is 0.713. The molecule has 0 rings (SSSR count). The highest BCUT2D eigenvalue weighted by molar-refractivity contribution is 5.76. The van der Waals surface area contributed by atoms with Gasteiger partial charge in [-0.05, 0) is 30.1 Å². The smallest absolute Gasteiger partial charge is 0.303 e. The van der Waals surface area contributed by atoms with Crippen LogP contribution in [0.15, 0.2) is 0 Å². The molecule has 0 aliphatic carbocycles. The number of rotatable bonds is 8. The highest BCUT2D eigenvalue weighted by Gasteiger charge is 2.17. The van der Waals surface area contributed by atoms with Crippen molar-refractivity contribution in [2.75, 3.05) is 6.54 Å². The molecule has 0 spiro atoms. The molecule has 0 fully saturated rings. The summed E-state index contributed by atoms with van der Waals surface area (Å²) in [6, 6.07) is 0. The van der Waals surface area contributed by atoms with E-state index in [1.165, 1.54) is 0 Å². The molecule has 112 valence electrons. The van der Waals surface area contributed by atoms with E-state index in [1.807, 2.05) is 6.92 Å². The van der Waals surface area contributed by atoms with Crippen LogP contribution in [0.4, 0.5) is 0 Å². The van der Waals surface area contributed by atoms with Gasteiger partial charge in [0.05, 0.1) is 0 Å². The first kappa shape index (κ1) is 17.9. The second-order valence-corrected chi connectivity index (χ2v) is 6.92. The Morgan fingerprint density at radius 1 is 1.16 bits per heavy atom. The topological polar surface area (TPSA) is 66.4 Å². The molecule has 4 nitrogen and oxygen atoms in total. The summed E-state index contributed by atoms with van der Waals surface area (Å²) < 4.78 is 0. The lowest BCUT2D eigenvalue weighted by atomic mass is 9.84. The normalized spacial score (nSPS) is 14.8. The maximum Gasteiger partial charge on any atom is 0.303 e. The second-order valence-electron chi connectivity index (χ2n) is 6.92. The van der Waals surface area contributed by atoms with Crippen LogP contribution in [0.25, 0.3) is 0 Å². The van der Waals surface area contributed by atoms with Crippen LogP contribution in [0.2, 0.25) is 0 Å². The lowest BCUT2D eigenvalue weighted by Crippen LogP contribution is -2.30. The van der Waals surface area contributed by atoms with Crippen LogP contribution in [0, 0.1) is 17.3 Å². The van der Waals surface area contributed by atoms with Gasteiger partial charge >= 0.3 is 5.97 Å². The average molecular weight is 271 g/mol. The summed E-state index contributed by atoms with van der Waals surface area (Å²) in [6.07, 6.45) is 2.34. The van der Waals surface area contributed by atoms with Gasteiger partial charge in [0.2, 0.25) is 5.91 Å². The molecular weight excluding hydrogens is 242 g/mol. The summed E-state index contributed by atoms with van der Waals surface area (Å²) in [5.41, 5.74) is 0.245. The first-order chi connectivity index (χ1) is 8.60. The Bertz CT molecular complexity index is 294. The monoisotopic (exact) mass is 271 g/mol. The zero-order valence-corrected chi connectivity index (χ0v) is 13.0. The Morgan fingerprint density at radius 3 is 2.21 bits per heavy atom. The molecule has 1 amide bonds. The van der Waals surface area contributed by atoms with E-state index >= 15 is 0 Å². The van der Waals surface area contributed by atoms with Crippen molar-refractivity contribution in [3.05, 3.63) is 0 Å². The zero-order valence-electron chi connectivity index (χ0n) is 13.0. The molecule has 0 saturated heterocycles. The summed E-state index contributed by atoms with van der Waals surface area (Å²) >= 11 is 0. The van der Waals surface area contributed by atoms with Gasteiger partial charge in [-0.25, -0.2) is 0 Å². The fraction of sp³-hybridized carbons (Fsp3) is 0.867. The first-order valence-electron chi connectivity index (χ1n) is 7.08. The number of carboxylic acid groups (broad SMARTS) is 1. The van der Waals surface area contributed by atoms with Crippen LogP contribution >= 0.6 is 0 Å². The third-order valence-electron chi connectivity index (χ3n) is 2.99. The minimum atomic E-state index is -0.781. The molecule has 4 heteroatoms. The molecule has 0 aliphatic rings. The predicted molar refractivity (Wildman–Crippen MR) is 76.9 cm³/mol. The van der Waals surface area contributed by atoms with Gasteiger partial charge in [0.25, 0.3) is 0 Å². The Morgan fingerprint density at radius 2 is 1.74 bits per heavy atom. The lowest BCUT2D eigenvalue weighted by molar-refractivity contribution is -0.137. The van der Waals surface area contributed by atoms with E-state index in [-0.39, 0.29) is 23.7 Å². The van der Waals surface area contributed by atoms with Crippen LogP contribution in [-0.2, 0) is 9.59 Å². The Balaban J connectivity index is 3.83. The maximum absolute atomic E-state index is 11.8. The van der Waals surface area contributed by atoms with Crippen molar-refractivity contribution in [1.82, 2.24) is 5.32 Å². The first-order valence-corrected chi connectivity index (χ1v) is 7.08. The minimum absolute atomic E-state index is 0.0684. The van der Waals surface area contributed by atoms with Gasteiger partial charge in [0.15, 0.2) is 0 Å². The lowest BCUT2D eigenvalue weighted by Gasteiger charge is -2.23. The van der Waals surface area contributed by atoms with E-state index in [9.17, 15) is 9.59 Å². The summed E-state index contributed by atoms with van der Waals surface area (Å²) in [7, 11) is 0. The SMILES string of the molecule is CC(CCC(=O)O)CNC(=O)CC(C)CC(C)(C)C. The van der Waals surface area contributed by atoms with Gasteiger partial charge in [0, 0.05) is 19.4 Å². The van der Waals surface area contributed by atoms with Crippen LogP contribution in [0.3, 0.4) is 0 Å². The van der Waals surface area contributed by atoms with Crippen molar-refractivity contribution < 1.29 is 14.7 Å². The summed E-state index contributed by atoms with van der Waals surface area (Å²) in [6.45, 7) is 11.1. The van der Waals surface area contributed by atoms with Crippen molar-refractivity contribution in [3.8, 4) is 0 Å². The average Bonchev–Trinajstić information content (AvgIpc) is 2.20. The molecule has 0 aromatic rings. The van der Waals surface area contributed by atoms with Crippen molar-refractivity contribution in [2.24, 2.45) is 17.3 Å². The fourth-order valence-electron chi connectivity index (χ4n) is 2.27. The Hall–Kier alpha value is -1.06. The van der Waals surface area contributed by atoms with Crippen molar-refractivity contribution in [3.63, 3.8) is 0 Å². The van der Waals surface area contributed by atoms with E-state index < -0.39 is 5.97 Å². The van der Waals surface area contributed by atoms with E-state index in [2.05, 4.69) is 33.0 Å². The number of aliphatic carboxylic acids is 1.